The van der Waals surface area contributed by atoms with Gasteiger partial charge in [0.05, 0.1) is 6.54 Å². The highest BCUT2D eigenvalue weighted by Gasteiger charge is 2.25. The van der Waals surface area contributed by atoms with Gasteiger partial charge in [-0.05, 0) is 32.4 Å². The van der Waals surface area contributed by atoms with Crippen molar-refractivity contribution < 1.29 is 0 Å². The maximum atomic E-state index is 4.42. The molecule has 0 amide bonds. The fourth-order valence-electron chi connectivity index (χ4n) is 2.66. The van der Waals surface area contributed by atoms with Crippen molar-refractivity contribution >= 4 is 0 Å². The van der Waals surface area contributed by atoms with Crippen LogP contribution >= 0.6 is 0 Å². The normalized spacial score (nSPS) is 21.0. The third kappa shape index (κ3) is 3.29. The van der Waals surface area contributed by atoms with E-state index in [1.165, 1.54) is 19.4 Å². The first-order chi connectivity index (χ1) is 8.70. The van der Waals surface area contributed by atoms with Crippen molar-refractivity contribution in [3.63, 3.8) is 0 Å². The van der Waals surface area contributed by atoms with Crippen molar-refractivity contribution in [2.75, 3.05) is 20.1 Å². The number of rotatable bonds is 6. The molecule has 1 aromatic heterocycles. The van der Waals surface area contributed by atoms with E-state index in [1.54, 1.807) is 6.33 Å². The molecular formula is C13H25N5. The highest BCUT2D eigenvalue weighted by molar-refractivity contribution is 4.90. The molecule has 102 valence electrons. The Kier molecular flexibility index (Phi) is 4.72. The van der Waals surface area contributed by atoms with Crippen LogP contribution in [0.3, 0.4) is 0 Å². The fourth-order valence-corrected chi connectivity index (χ4v) is 2.66. The molecule has 1 saturated heterocycles. The van der Waals surface area contributed by atoms with Crippen LogP contribution in [-0.2, 0) is 13.1 Å². The molecule has 0 spiro atoms. The second kappa shape index (κ2) is 6.29. The molecule has 0 aliphatic carbocycles. The van der Waals surface area contributed by atoms with Gasteiger partial charge in [-0.3, -0.25) is 4.90 Å². The topological polar surface area (TPSA) is 46.0 Å². The van der Waals surface area contributed by atoms with E-state index >= 15 is 0 Å². The summed E-state index contributed by atoms with van der Waals surface area (Å²) in [5, 5.41) is 7.61. The second-order valence-electron chi connectivity index (χ2n) is 5.58. The van der Waals surface area contributed by atoms with Crippen LogP contribution in [-0.4, -0.2) is 45.8 Å². The molecule has 1 aromatic rings. The number of aromatic nitrogens is 3. The summed E-state index contributed by atoms with van der Waals surface area (Å²) < 4.78 is 2.05. The Morgan fingerprint density at radius 2 is 2.33 bits per heavy atom. The van der Waals surface area contributed by atoms with Crippen molar-refractivity contribution in [2.45, 2.75) is 45.8 Å². The number of hydrogen-bond acceptors (Lipinski definition) is 4. The van der Waals surface area contributed by atoms with Crippen LogP contribution in [0.1, 0.15) is 32.5 Å². The van der Waals surface area contributed by atoms with E-state index in [4.69, 9.17) is 0 Å². The van der Waals surface area contributed by atoms with Gasteiger partial charge in [-0.15, -0.1) is 0 Å². The second-order valence-corrected chi connectivity index (χ2v) is 5.58. The molecular weight excluding hydrogens is 226 g/mol. The van der Waals surface area contributed by atoms with Crippen molar-refractivity contribution in [3.8, 4) is 0 Å². The molecule has 5 nitrogen and oxygen atoms in total. The molecule has 1 atom stereocenters. The van der Waals surface area contributed by atoms with Gasteiger partial charge < -0.3 is 5.32 Å². The van der Waals surface area contributed by atoms with Crippen molar-refractivity contribution in [1.82, 2.24) is 25.0 Å². The predicted molar refractivity (Wildman–Crippen MR) is 72.2 cm³/mol. The van der Waals surface area contributed by atoms with E-state index in [-0.39, 0.29) is 0 Å². The Balaban J connectivity index is 1.98. The van der Waals surface area contributed by atoms with Crippen LogP contribution in [0, 0.1) is 5.92 Å². The SMILES string of the molecule is CNCC1CCCN1Cc1ncnn1CC(C)C. The van der Waals surface area contributed by atoms with E-state index in [9.17, 15) is 0 Å². The standard InChI is InChI=1S/C13H25N5/c1-11(2)8-18-13(15-10-16-18)9-17-6-4-5-12(17)7-14-3/h10-12,14H,4-9H2,1-3H3. The summed E-state index contributed by atoms with van der Waals surface area (Å²) in [4.78, 5) is 6.94. The molecule has 18 heavy (non-hydrogen) atoms. The van der Waals surface area contributed by atoms with E-state index in [0.717, 1.165) is 25.5 Å². The van der Waals surface area contributed by atoms with Gasteiger partial charge in [0, 0.05) is 19.1 Å². The lowest BCUT2D eigenvalue weighted by molar-refractivity contribution is 0.230. The molecule has 1 aliphatic rings. The minimum atomic E-state index is 0.608. The first-order valence-corrected chi connectivity index (χ1v) is 6.96. The Labute approximate surface area is 110 Å². The molecule has 0 aromatic carbocycles. The number of likely N-dealkylation sites (N-methyl/N-ethyl adjacent to an activating group) is 1. The zero-order valence-corrected chi connectivity index (χ0v) is 11.8. The van der Waals surface area contributed by atoms with Crippen LogP contribution in [0.2, 0.25) is 0 Å². The van der Waals surface area contributed by atoms with Crippen LogP contribution in [0.15, 0.2) is 6.33 Å². The summed E-state index contributed by atoms with van der Waals surface area (Å²) in [6, 6.07) is 0.652. The minimum absolute atomic E-state index is 0.608. The first-order valence-electron chi connectivity index (χ1n) is 6.96. The molecule has 2 rings (SSSR count). The molecule has 0 radical (unpaired) electrons. The van der Waals surface area contributed by atoms with E-state index in [1.807, 2.05) is 7.05 Å². The molecule has 2 heterocycles. The van der Waals surface area contributed by atoms with Gasteiger partial charge in [-0.2, -0.15) is 5.10 Å². The molecule has 0 saturated carbocycles. The van der Waals surface area contributed by atoms with E-state index < -0.39 is 0 Å². The molecule has 1 N–H and O–H groups in total. The third-order valence-corrected chi connectivity index (χ3v) is 3.52. The van der Waals surface area contributed by atoms with Crippen LogP contribution in [0.5, 0.6) is 0 Å². The summed E-state index contributed by atoms with van der Waals surface area (Å²) in [6.07, 6.45) is 4.27. The third-order valence-electron chi connectivity index (χ3n) is 3.52. The van der Waals surface area contributed by atoms with Gasteiger partial charge in [-0.25, -0.2) is 9.67 Å². The molecule has 1 aliphatic heterocycles. The maximum Gasteiger partial charge on any atom is 0.141 e. The first kappa shape index (κ1) is 13.5. The van der Waals surface area contributed by atoms with Crippen molar-refractivity contribution in [2.24, 2.45) is 5.92 Å². The monoisotopic (exact) mass is 251 g/mol. The lowest BCUT2D eigenvalue weighted by atomic mass is 10.2. The Morgan fingerprint density at radius 1 is 1.50 bits per heavy atom. The Bertz CT molecular complexity index is 360. The average Bonchev–Trinajstić information content (AvgIpc) is 2.91. The lowest BCUT2D eigenvalue weighted by Gasteiger charge is -2.24. The highest BCUT2D eigenvalue weighted by Crippen LogP contribution is 2.18. The van der Waals surface area contributed by atoms with Gasteiger partial charge in [0.2, 0.25) is 0 Å². The number of hydrogen-bond donors (Lipinski definition) is 1. The van der Waals surface area contributed by atoms with Gasteiger partial charge in [0.25, 0.3) is 0 Å². The zero-order chi connectivity index (χ0) is 13.0. The fraction of sp³-hybridized carbons (Fsp3) is 0.846. The number of nitrogens with one attached hydrogen (secondary N) is 1. The quantitative estimate of drug-likeness (QED) is 0.823. The number of likely N-dealkylation sites (tertiary alicyclic amines) is 1. The van der Waals surface area contributed by atoms with E-state index in [0.29, 0.717) is 12.0 Å². The highest BCUT2D eigenvalue weighted by atomic mass is 15.4. The van der Waals surface area contributed by atoms with Gasteiger partial charge in [0.1, 0.15) is 12.2 Å². The van der Waals surface area contributed by atoms with Gasteiger partial charge in [0.15, 0.2) is 0 Å². The summed E-state index contributed by atoms with van der Waals surface area (Å²) in [6.45, 7) is 8.56. The summed E-state index contributed by atoms with van der Waals surface area (Å²) >= 11 is 0. The van der Waals surface area contributed by atoms with Gasteiger partial charge >= 0.3 is 0 Å². The van der Waals surface area contributed by atoms with Crippen molar-refractivity contribution in [3.05, 3.63) is 12.2 Å². The molecule has 5 heteroatoms. The summed E-state index contributed by atoms with van der Waals surface area (Å²) in [5.41, 5.74) is 0. The number of nitrogens with zero attached hydrogens (tertiary/aromatic N) is 4. The van der Waals surface area contributed by atoms with Crippen LogP contribution in [0.4, 0.5) is 0 Å². The smallest absolute Gasteiger partial charge is 0.141 e. The molecule has 0 bridgehead atoms. The van der Waals surface area contributed by atoms with Crippen molar-refractivity contribution in [1.29, 1.82) is 0 Å². The Morgan fingerprint density at radius 3 is 3.06 bits per heavy atom. The largest absolute Gasteiger partial charge is 0.318 e. The predicted octanol–water partition coefficient (Wildman–Crippen LogP) is 1.12. The summed E-state index contributed by atoms with van der Waals surface area (Å²) in [7, 11) is 2.03. The van der Waals surface area contributed by atoms with Crippen LogP contribution in [0.25, 0.3) is 0 Å². The van der Waals surface area contributed by atoms with E-state index in [2.05, 4.69) is 38.8 Å². The van der Waals surface area contributed by atoms with Crippen LogP contribution < -0.4 is 5.32 Å². The summed E-state index contributed by atoms with van der Waals surface area (Å²) in [5.74, 6) is 1.71. The average molecular weight is 251 g/mol. The lowest BCUT2D eigenvalue weighted by Crippen LogP contribution is -2.37. The Hall–Kier alpha value is -0.940. The molecule has 1 unspecified atom stereocenters. The van der Waals surface area contributed by atoms with Gasteiger partial charge in [-0.1, -0.05) is 13.8 Å². The maximum absolute atomic E-state index is 4.42. The minimum Gasteiger partial charge on any atom is -0.318 e. The zero-order valence-electron chi connectivity index (χ0n) is 11.8. The molecule has 1 fully saturated rings.